The van der Waals surface area contributed by atoms with E-state index in [4.69, 9.17) is 11.6 Å². The maximum absolute atomic E-state index is 12.1. The van der Waals surface area contributed by atoms with Gasteiger partial charge in [0.15, 0.2) is 0 Å². The Morgan fingerprint density at radius 2 is 2.05 bits per heavy atom. The molecule has 1 aromatic rings. The van der Waals surface area contributed by atoms with Gasteiger partial charge in [-0.2, -0.15) is 0 Å². The van der Waals surface area contributed by atoms with Gasteiger partial charge in [-0.1, -0.05) is 23.7 Å². The van der Waals surface area contributed by atoms with E-state index in [0.29, 0.717) is 36.6 Å². The van der Waals surface area contributed by atoms with Gasteiger partial charge in [0.25, 0.3) is 0 Å². The molecule has 2 amide bonds. The minimum absolute atomic E-state index is 0.00974. The molecule has 0 radical (unpaired) electrons. The van der Waals surface area contributed by atoms with E-state index in [9.17, 15) is 14.7 Å². The molecule has 0 spiro atoms. The Morgan fingerprint density at radius 1 is 1.35 bits per heavy atom. The van der Waals surface area contributed by atoms with Gasteiger partial charge in [0, 0.05) is 31.1 Å². The summed E-state index contributed by atoms with van der Waals surface area (Å²) in [6.07, 6.45) is -0.537. The van der Waals surface area contributed by atoms with Crippen LogP contribution in [0.5, 0.6) is 0 Å². The van der Waals surface area contributed by atoms with Crippen LogP contribution in [0.25, 0.3) is 0 Å². The SMILES string of the molecule is O=C1CCN(C(=O)CC(O)c2ccc(Cl)cc2)CCN1. The topological polar surface area (TPSA) is 69.6 Å². The summed E-state index contributed by atoms with van der Waals surface area (Å²) in [6.45, 7) is 1.34. The molecule has 6 heteroatoms. The van der Waals surface area contributed by atoms with Gasteiger partial charge in [0.1, 0.15) is 0 Å². The van der Waals surface area contributed by atoms with Gasteiger partial charge >= 0.3 is 0 Å². The third-order valence-electron chi connectivity index (χ3n) is 3.29. The van der Waals surface area contributed by atoms with Crippen LogP contribution in [-0.2, 0) is 9.59 Å². The van der Waals surface area contributed by atoms with Crippen LogP contribution in [0.2, 0.25) is 5.02 Å². The third kappa shape index (κ3) is 3.95. The zero-order valence-electron chi connectivity index (χ0n) is 11.0. The number of halogens is 1. The second kappa shape index (κ2) is 6.72. The molecule has 1 aromatic carbocycles. The first kappa shape index (κ1) is 14.8. The fourth-order valence-electron chi connectivity index (χ4n) is 2.11. The molecular formula is C14H17ClN2O3. The first-order valence-electron chi connectivity index (χ1n) is 6.54. The molecule has 0 saturated carbocycles. The molecule has 1 unspecified atom stereocenters. The van der Waals surface area contributed by atoms with Gasteiger partial charge in [-0.25, -0.2) is 0 Å². The summed E-state index contributed by atoms with van der Waals surface area (Å²) in [5.41, 5.74) is 0.659. The smallest absolute Gasteiger partial charge is 0.225 e. The van der Waals surface area contributed by atoms with E-state index in [-0.39, 0.29) is 18.2 Å². The largest absolute Gasteiger partial charge is 0.388 e. The van der Waals surface area contributed by atoms with Crippen molar-refractivity contribution in [2.75, 3.05) is 19.6 Å². The van der Waals surface area contributed by atoms with Crippen LogP contribution in [0.3, 0.4) is 0 Å². The molecular weight excluding hydrogens is 280 g/mol. The van der Waals surface area contributed by atoms with E-state index in [1.54, 1.807) is 29.2 Å². The average molecular weight is 297 g/mol. The maximum Gasteiger partial charge on any atom is 0.225 e. The summed E-state index contributed by atoms with van der Waals surface area (Å²) in [5.74, 6) is -0.192. The van der Waals surface area contributed by atoms with Crippen LogP contribution >= 0.6 is 11.6 Å². The molecule has 2 rings (SSSR count). The lowest BCUT2D eigenvalue weighted by Crippen LogP contribution is -2.35. The van der Waals surface area contributed by atoms with E-state index in [1.807, 2.05) is 0 Å². The number of benzene rings is 1. The van der Waals surface area contributed by atoms with Crippen molar-refractivity contribution in [3.63, 3.8) is 0 Å². The van der Waals surface area contributed by atoms with Crippen LogP contribution in [0.1, 0.15) is 24.5 Å². The number of aliphatic hydroxyl groups is 1. The average Bonchev–Trinajstić information content (AvgIpc) is 2.64. The van der Waals surface area contributed by atoms with E-state index in [1.165, 1.54) is 0 Å². The number of rotatable bonds is 3. The van der Waals surface area contributed by atoms with Crippen LogP contribution in [0, 0.1) is 0 Å². The first-order valence-corrected chi connectivity index (χ1v) is 6.92. The lowest BCUT2D eigenvalue weighted by molar-refractivity contribution is -0.133. The molecule has 1 saturated heterocycles. The van der Waals surface area contributed by atoms with Crippen molar-refractivity contribution in [3.8, 4) is 0 Å². The minimum Gasteiger partial charge on any atom is -0.388 e. The summed E-state index contributed by atoms with van der Waals surface area (Å²) >= 11 is 5.78. The zero-order chi connectivity index (χ0) is 14.5. The Balaban J connectivity index is 1.93. The fraction of sp³-hybridized carbons (Fsp3) is 0.429. The van der Waals surface area contributed by atoms with Crippen LogP contribution in [0.15, 0.2) is 24.3 Å². The Labute approximate surface area is 122 Å². The molecule has 2 N–H and O–H groups in total. The Hall–Kier alpha value is -1.59. The lowest BCUT2D eigenvalue weighted by Gasteiger charge is -2.21. The monoisotopic (exact) mass is 296 g/mol. The van der Waals surface area contributed by atoms with Crippen LogP contribution in [-0.4, -0.2) is 41.5 Å². The highest BCUT2D eigenvalue weighted by molar-refractivity contribution is 6.30. The second-order valence-electron chi connectivity index (χ2n) is 4.75. The van der Waals surface area contributed by atoms with Gasteiger partial charge in [0.05, 0.1) is 12.5 Å². The molecule has 0 bridgehead atoms. The van der Waals surface area contributed by atoms with Crippen LogP contribution in [0.4, 0.5) is 0 Å². The standard InChI is InChI=1S/C14H17ClN2O3/c15-11-3-1-10(2-4-11)12(18)9-14(20)17-7-5-13(19)16-6-8-17/h1-4,12,18H,5-9H2,(H,16,19). The van der Waals surface area contributed by atoms with E-state index >= 15 is 0 Å². The Morgan fingerprint density at radius 3 is 2.75 bits per heavy atom. The van der Waals surface area contributed by atoms with Crippen molar-refractivity contribution in [2.24, 2.45) is 0 Å². The Bertz CT molecular complexity index is 490. The summed E-state index contributed by atoms with van der Waals surface area (Å²) < 4.78 is 0. The molecule has 1 fully saturated rings. The van der Waals surface area contributed by atoms with Crippen molar-refractivity contribution in [3.05, 3.63) is 34.9 Å². The van der Waals surface area contributed by atoms with Gasteiger partial charge < -0.3 is 15.3 Å². The summed E-state index contributed by atoms with van der Waals surface area (Å²) in [4.78, 5) is 24.9. The highest BCUT2D eigenvalue weighted by Crippen LogP contribution is 2.20. The third-order valence-corrected chi connectivity index (χ3v) is 3.54. The Kier molecular flexibility index (Phi) is 4.98. The number of aliphatic hydroxyl groups excluding tert-OH is 1. The summed E-state index contributed by atoms with van der Waals surface area (Å²) in [6, 6.07) is 6.76. The zero-order valence-corrected chi connectivity index (χ0v) is 11.8. The van der Waals surface area contributed by atoms with Crippen molar-refractivity contribution < 1.29 is 14.7 Å². The van der Waals surface area contributed by atoms with Gasteiger partial charge in [-0.05, 0) is 17.7 Å². The highest BCUT2D eigenvalue weighted by Gasteiger charge is 2.21. The van der Waals surface area contributed by atoms with E-state index < -0.39 is 6.10 Å². The molecule has 1 heterocycles. The van der Waals surface area contributed by atoms with E-state index in [0.717, 1.165) is 0 Å². The van der Waals surface area contributed by atoms with Gasteiger partial charge in [-0.3, -0.25) is 9.59 Å². The molecule has 20 heavy (non-hydrogen) atoms. The fourth-order valence-corrected chi connectivity index (χ4v) is 2.24. The number of hydrogen-bond acceptors (Lipinski definition) is 3. The molecule has 1 aliphatic rings. The van der Waals surface area contributed by atoms with E-state index in [2.05, 4.69) is 5.32 Å². The predicted octanol–water partition coefficient (Wildman–Crippen LogP) is 1.11. The van der Waals surface area contributed by atoms with Crippen molar-refractivity contribution in [2.45, 2.75) is 18.9 Å². The summed E-state index contributed by atoms with van der Waals surface area (Å²) in [5, 5.41) is 13.4. The van der Waals surface area contributed by atoms with Crippen molar-refractivity contribution in [1.29, 1.82) is 0 Å². The molecule has 1 aliphatic heterocycles. The molecule has 0 aromatic heterocycles. The van der Waals surface area contributed by atoms with Crippen molar-refractivity contribution in [1.82, 2.24) is 10.2 Å². The number of carbonyl (C=O) groups excluding carboxylic acids is 2. The summed E-state index contributed by atoms with van der Waals surface area (Å²) in [7, 11) is 0. The molecule has 108 valence electrons. The lowest BCUT2D eigenvalue weighted by atomic mass is 10.1. The predicted molar refractivity (Wildman–Crippen MR) is 75.2 cm³/mol. The van der Waals surface area contributed by atoms with Gasteiger partial charge in [0.2, 0.25) is 11.8 Å². The normalized spacial score (nSPS) is 17.3. The number of nitrogens with one attached hydrogen (secondary N) is 1. The molecule has 1 atom stereocenters. The maximum atomic E-state index is 12.1. The number of nitrogens with zero attached hydrogens (tertiary/aromatic N) is 1. The number of amides is 2. The molecule has 5 nitrogen and oxygen atoms in total. The number of carbonyl (C=O) groups is 2. The second-order valence-corrected chi connectivity index (χ2v) is 5.19. The highest BCUT2D eigenvalue weighted by atomic mass is 35.5. The van der Waals surface area contributed by atoms with Gasteiger partial charge in [-0.15, -0.1) is 0 Å². The van der Waals surface area contributed by atoms with Crippen molar-refractivity contribution >= 4 is 23.4 Å². The first-order chi connectivity index (χ1) is 9.56. The minimum atomic E-state index is -0.855. The quantitative estimate of drug-likeness (QED) is 0.878. The van der Waals surface area contributed by atoms with Crippen LogP contribution < -0.4 is 5.32 Å². The molecule has 0 aliphatic carbocycles. The number of hydrogen-bond donors (Lipinski definition) is 2.